The largest absolute Gasteiger partial charge is 0.363 e. The summed E-state index contributed by atoms with van der Waals surface area (Å²) in [5, 5.41) is 0. The van der Waals surface area contributed by atoms with Gasteiger partial charge in [0.15, 0.2) is 0 Å². The number of aromatic nitrogens is 1. The van der Waals surface area contributed by atoms with Crippen LogP contribution in [0.5, 0.6) is 0 Å². The molecule has 1 aromatic rings. The van der Waals surface area contributed by atoms with Crippen LogP contribution in [0.25, 0.3) is 0 Å². The SMILES string of the molecule is CN1CCC(C(=O)N2CCCC[C@@H]2CCc2cccc(N(C)C)n2)CC1. The molecule has 5 heteroatoms. The van der Waals surface area contributed by atoms with E-state index in [4.69, 9.17) is 4.98 Å². The van der Waals surface area contributed by atoms with E-state index in [1.54, 1.807) is 0 Å². The lowest BCUT2D eigenvalue weighted by Gasteiger charge is -2.39. The number of piperidine rings is 2. The molecule has 0 N–H and O–H groups in total. The van der Waals surface area contributed by atoms with Crippen LogP contribution in [0, 0.1) is 5.92 Å². The highest BCUT2D eigenvalue weighted by Crippen LogP contribution is 2.26. The third-order valence-corrected chi connectivity index (χ3v) is 5.96. The van der Waals surface area contributed by atoms with Gasteiger partial charge in [-0.1, -0.05) is 6.07 Å². The summed E-state index contributed by atoms with van der Waals surface area (Å²) in [4.78, 5) is 24.4. The molecule has 1 amide bonds. The zero-order valence-electron chi connectivity index (χ0n) is 16.7. The molecular formula is C21H34N4O. The molecule has 0 spiro atoms. The summed E-state index contributed by atoms with van der Waals surface area (Å²) in [7, 11) is 6.20. The number of amides is 1. The zero-order chi connectivity index (χ0) is 18.5. The summed E-state index contributed by atoms with van der Waals surface area (Å²) in [6.45, 7) is 3.05. The van der Waals surface area contributed by atoms with Crippen LogP contribution in [0.4, 0.5) is 5.82 Å². The average Bonchev–Trinajstić information content (AvgIpc) is 2.67. The Morgan fingerprint density at radius 2 is 1.92 bits per heavy atom. The van der Waals surface area contributed by atoms with Crippen molar-refractivity contribution in [3.8, 4) is 0 Å². The Labute approximate surface area is 158 Å². The van der Waals surface area contributed by atoms with Gasteiger partial charge < -0.3 is 14.7 Å². The molecule has 26 heavy (non-hydrogen) atoms. The molecular weight excluding hydrogens is 324 g/mol. The lowest BCUT2D eigenvalue weighted by atomic mass is 9.91. The maximum atomic E-state index is 13.1. The number of aryl methyl sites for hydroxylation is 1. The molecule has 0 radical (unpaired) electrons. The number of rotatable bonds is 5. The molecule has 0 aliphatic carbocycles. The Morgan fingerprint density at radius 3 is 2.65 bits per heavy atom. The minimum Gasteiger partial charge on any atom is -0.363 e. The number of pyridine rings is 1. The van der Waals surface area contributed by atoms with Gasteiger partial charge in [-0.2, -0.15) is 0 Å². The third-order valence-electron chi connectivity index (χ3n) is 5.96. The van der Waals surface area contributed by atoms with Crippen LogP contribution in [0.3, 0.4) is 0 Å². The normalized spacial score (nSPS) is 22.4. The van der Waals surface area contributed by atoms with Crippen molar-refractivity contribution in [2.45, 2.75) is 51.0 Å². The van der Waals surface area contributed by atoms with Gasteiger partial charge in [0.25, 0.3) is 0 Å². The summed E-state index contributed by atoms with van der Waals surface area (Å²) in [6.07, 6.45) is 7.56. The smallest absolute Gasteiger partial charge is 0.226 e. The molecule has 1 atom stereocenters. The highest BCUT2D eigenvalue weighted by atomic mass is 16.2. The second kappa shape index (κ2) is 8.85. The summed E-state index contributed by atoms with van der Waals surface area (Å²) in [5.41, 5.74) is 1.13. The van der Waals surface area contributed by atoms with Crippen molar-refractivity contribution in [2.75, 3.05) is 45.7 Å². The highest BCUT2D eigenvalue weighted by molar-refractivity contribution is 5.79. The van der Waals surface area contributed by atoms with Crippen LogP contribution in [0.2, 0.25) is 0 Å². The van der Waals surface area contributed by atoms with Crippen LogP contribution >= 0.6 is 0 Å². The number of likely N-dealkylation sites (tertiary alicyclic amines) is 2. The molecule has 0 saturated carbocycles. The molecule has 2 saturated heterocycles. The number of carbonyl (C=O) groups is 1. The monoisotopic (exact) mass is 358 g/mol. The first kappa shape index (κ1) is 19.2. The Balaban J connectivity index is 1.60. The van der Waals surface area contributed by atoms with Gasteiger partial charge in [0.2, 0.25) is 5.91 Å². The van der Waals surface area contributed by atoms with Crippen LogP contribution < -0.4 is 4.90 Å². The number of hydrogen-bond acceptors (Lipinski definition) is 4. The van der Waals surface area contributed by atoms with Crippen molar-refractivity contribution in [1.29, 1.82) is 0 Å². The first-order valence-corrected chi connectivity index (χ1v) is 10.2. The molecule has 3 rings (SSSR count). The van der Waals surface area contributed by atoms with E-state index in [0.29, 0.717) is 11.9 Å². The summed E-state index contributed by atoms with van der Waals surface area (Å²) < 4.78 is 0. The van der Waals surface area contributed by atoms with Crippen molar-refractivity contribution in [1.82, 2.24) is 14.8 Å². The molecule has 5 nitrogen and oxygen atoms in total. The molecule has 1 aromatic heterocycles. The maximum Gasteiger partial charge on any atom is 0.226 e. The van der Waals surface area contributed by atoms with Crippen LogP contribution in [-0.2, 0) is 11.2 Å². The van der Waals surface area contributed by atoms with Crippen molar-refractivity contribution >= 4 is 11.7 Å². The van der Waals surface area contributed by atoms with E-state index in [9.17, 15) is 4.79 Å². The summed E-state index contributed by atoms with van der Waals surface area (Å²) in [5.74, 6) is 1.66. The minimum absolute atomic E-state index is 0.238. The topological polar surface area (TPSA) is 39.7 Å². The van der Waals surface area contributed by atoms with E-state index in [2.05, 4.69) is 29.0 Å². The standard InChI is InChI=1S/C21H34N4O/c1-23(2)20-9-6-7-18(22-20)10-11-19-8-4-5-14-25(19)21(26)17-12-15-24(3)16-13-17/h6-7,9,17,19H,4-5,8,10-16H2,1-3H3/t19-/m1/s1. The second-order valence-electron chi connectivity index (χ2n) is 8.18. The second-order valence-corrected chi connectivity index (χ2v) is 8.18. The Hall–Kier alpha value is -1.62. The quantitative estimate of drug-likeness (QED) is 0.811. The Kier molecular flexibility index (Phi) is 6.52. The predicted molar refractivity (Wildman–Crippen MR) is 106 cm³/mol. The van der Waals surface area contributed by atoms with E-state index in [1.807, 2.05) is 25.1 Å². The van der Waals surface area contributed by atoms with Gasteiger partial charge in [-0.15, -0.1) is 0 Å². The summed E-state index contributed by atoms with van der Waals surface area (Å²) in [6, 6.07) is 6.62. The van der Waals surface area contributed by atoms with Gasteiger partial charge in [-0.3, -0.25) is 4.79 Å². The van der Waals surface area contributed by atoms with Crippen LogP contribution in [0.15, 0.2) is 18.2 Å². The van der Waals surface area contributed by atoms with Crippen LogP contribution in [-0.4, -0.2) is 67.5 Å². The molecule has 0 unspecified atom stereocenters. The van der Waals surface area contributed by atoms with Crippen molar-refractivity contribution in [3.05, 3.63) is 23.9 Å². The predicted octanol–water partition coefficient (Wildman–Crippen LogP) is 2.80. The fourth-order valence-corrected chi connectivity index (χ4v) is 4.25. The highest BCUT2D eigenvalue weighted by Gasteiger charge is 2.32. The third kappa shape index (κ3) is 4.76. The molecule has 0 aromatic carbocycles. The first-order valence-electron chi connectivity index (χ1n) is 10.2. The lowest BCUT2D eigenvalue weighted by Crippen LogP contribution is -2.48. The van der Waals surface area contributed by atoms with Gasteiger partial charge in [-0.25, -0.2) is 4.98 Å². The Bertz CT molecular complexity index is 595. The van der Waals surface area contributed by atoms with E-state index >= 15 is 0 Å². The number of hydrogen-bond donors (Lipinski definition) is 0. The Morgan fingerprint density at radius 1 is 1.15 bits per heavy atom. The zero-order valence-corrected chi connectivity index (χ0v) is 16.7. The average molecular weight is 359 g/mol. The first-order chi connectivity index (χ1) is 12.5. The number of anilines is 1. The van der Waals surface area contributed by atoms with Gasteiger partial charge in [0, 0.05) is 38.3 Å². The van der Waals surface area contributed by atoms with E-state index < -0.39 is 0 Å². The number of carbonyl (C=O) groups excluding carboxylic acids is 1. The van der Waals surface area contributed by atoms with Crippen LogP contribution in [0.1, 0.15) is 44.2 Å². The molecule has 2 aliphatic heterocycles. The van der Waals surface area contributed by atoms with Crippen molar-refractivity contribution in [2.24, 2.45) is 5.92 Å². The lowest BCUT2D eigenvalue weighted by molar-refractivity contribution is -0.140. The van der Waals surface area contributed by atoms with E-state index in [1.165, 1.54) is 6.42 Å². The molecule has 0 bridgehead atoms. The molecule has 2 aliphatic rings. The van der Waals surface area contributed by atoms with Gasteiger partial charge >= 0.3 is 0 Å². The molecule has 144 valence electrons. The van der Waals surface area contributed by atoms with E-state index in [0.717, 1.165) is 69.7 Å². The summed E-state index contributed by atoms with van der Waals surface area (Å²) >= 11 is 0. The fourth-order valence-electron chi connectivity index (χ4n) is 4.25. The van der Waals surface area contributed by atoms with Crippen molar-refractivity contribution < 1.29 is 4.79 Å². The minimum atomic E-state index is 0.238. The van der Waals surface area contributed by atoms with Gasteiger partial charge in [-0.05, 0) is 77.2 Å². The number of nitrogens with zero attached hydrogens (tertiary/aromatic N) is 4. The molecule has 3 heterocycles. The van der Waals surface area contributed by atoms with Gasteiger partial charge in [0.1, 0.15) is 5.82 Å². The maximum absolute atomic E-state index is 13.1. The van der Waals surface area contributed by atoms with Crippen molar-refractivity contribution in [3.63, 3.8) is 0 Å². The van der Waals surface area contributed by atoms with Gasteiger partial charge in [0.05, 0.1) is 0 Å². The fraction of sp³-hybridized carbons (Fsp3) is 0.714. The molecule has 2 fully saturated rings. The van der Waals surface area contributed by atoms with E-state index in [-0.39, 0.29) is 5.92 Å².